The molecule has 0 radical (unpaired) electrons. The van der Waals surface area contributed by atoms with Gasteiger partial charge in [-0.25, -0.2) is 4.39 Å². The Morgan fingerprint density at radius 1 is 1.19 bits per heavy atom. The van der Waals surface area contributed by atoms with Crippen molar-refractivity contribution in [2.75, 3.05) is 46.6 Å². The lowest BCUT2D eigenvalue weighted by molar-refractivity contribution is -0.147. The van der Waals surface area contributed by atoms with Gasteiger partial charge in [0.15, 0.2) is 0 Å². The van der Waals surface area contributed by atoms with Crippen LogP contribution in [0.5, 0.6) is 0 Å². The van der Waals surface area contributed by atoms with Crippen LogP contribution in [-0.2, 0) is 19.1 Å². The van der Waals surface area contributed by atoms with Crippen molar-refractivity contribution >= 4 is 11.8 Å². The highest BCUT2D eigenvalue weighted by atomic mass is 19.1. The first-order chi connectivity index (χ1) is 12.6. The molecule has 0 aliphatic carbocycles. The summed E-state index contributed by atoms with van der Waals surface area (Å²) in [4.78, 5) is 28.9. The first kappa shape index (κ1) is 18.8. The number of rotatable bonds is 4. The van der Waals surface area contributed by atoms with Gasteiger partial charge in [-0.1, -0.05) is 12.1 Å². The SMILES string of the molecule is COCC(=O)N1C[C@@H](C(=O)N2CCOCC2)CC[C@H]1c1ccc(F)cc1. The largest absolute Gasteiger partial charge is 0.378 e. The third-order valence-corrected chi connectivity index (χ3v) is 5.10. The Hall–Kier alpha value is -1.99. The van der Waals surface area contributed by atoms with Crippen molar-refractivity contribution in [2.45, 2.75) is 18.9 Å². The zero-order valence-corrected chi connectivity index (χ0v) is 15.0. The van der Waals surface area contributed by atoms with Gasteiger partial charge in [0.05, 0.1) is 25.2 Å². The van der Waals surface area contributed by atoms with Crippen LogP contribution in [0.1, 0.15) is 24.4 Å². The van der Waals surface area contributed by atoms with E-state index in [0.29, 0.717) is 45.7 Å². The third kappa shape index (κ3) is 4.22. The van der Waals surface area contributed by atoms with Crippen molar-refractivity contribution in [1.29, 1.82) is 0 Å². The molecule has 0 bridgehead atoms. The fourth-order valence-electron chi connectivity index (χ4n) is 3.73. The van der Waals surface area contributed by atoms with E-state index in [2.05, 4.69) is 0 Å². The zero-order chi connectivity index (χ0) is 18.5. The minimum Gasteiger partial charge on any atom is -0.378 e. The molecule has 0 aromatic heterocycles. The van der Waals surface area contributed by atoms with E-state index in [1.54, 1.807) is 17.0 Å². The van der Waals surface area contributed by atoms with E-state index in [1.165, 1.54) is 19.2 Å². The summed E-state index contributed by atoms with van der Waals surface area (Å²) in [5, 5.41) is 0. The van der Waals surface area contributed by atoms with Crippen LogP contribution >= 0.6 is 0 Å². The number of hydrogen-bond donors (Lipinski definition) is 0. The van der Waals surface area contributed by atoms with Gasteiger partial charge in [0, 0.05) is 26.7 Å². The van der Waals surface area contributed by atoms with Crippen LogP contribution in [-0.4, -0.2) is 68.2 Å². The highest BCUT2D eigenvalue weighted by Gasteiger charge is 2.37. The monoisotopic (exact) mass is 364 g/mol. The summed E-state index contributed by atoms with van der Waals surface area (Å²) >= 11 is 0. The van der Waals surface area contributed by atoms with E-state index in [-0.39, 0.29) is 36.2 Å². The number of morpholine rings is 1. The summed E-state index contributed by atoms with van der Waals surface area (Å²) in [7, 11) is 1.48. The molecule has 142 valence electrons. The molecule has 2 aliphatic heterocycles. The average Bonchev–Trinajstić information content (AvgIpc) is 2.68. The number of carbonyl (C=O) groups is 2. The van der Waals surface area contributed by atoms with Crippen LogP contribution in [0.4, 0.5) is 4.39 Å². The van der Waals surface area contributed by atoms with Crippen molar-refractivity contribution in [3.63, 3.8) is 0 Å². The molecular formula is C19H25FN2O4. The van der Waals surface area contributed by atoms with Crippen molar-refractivity contribution < 1.29 is 23.5 Å². The van der Waals surface area contributed by atoms with Gasteiger partial charge >= 0.3 is 0 Å². The van der Waals surface area contributed by atoms with Crippen LogP contribution in [0.3, 0.4) is 0 Å². The maximum Gasteiger partial charge on any atom is 0.249 e. The minimum atomic E-state index is -0.306. The molecule has 2 saturated heterocycles. The first-order valence-electron chi connectivity index (χ1n) is 9.00. The Morgan fingerprint density at radius 3 is 2.54 bits per heavy atom. The molecule has 2 amide bonds. The standard InChI is InChI=1S/C19H25FN2O4/c1-25-13-18(23)22-12-15(19(24)21-8-10-26-11-9-21)4-7-17(22)14-2-5-16(20)6-3-14/h2-3,5-6,15,17H,4,7-13H2,1H3/t15-,17-/m0/s1. The Kier molecular flexibility index (Phi) is 6.21. The van der Waals surface area contributed by atoms with Gasteiger partial charge in [0.25, 0.3) is 0 Å². The smallest absolute Gasteiger partial charge is 0.249 e. The maximum absolute atomic E-state index is 13.2. The molecule has 0 saturated carbocycles. The quantitative estimate of drug-likeness (QED) is 0.815. The molecule has 1 aromatic rings. The molecule has 3 rings (SSSR count). The van der Waals surface area contributed by atoms with E-state index in [4.69, 9.17) is 9.47 Å². The number of nitrogens with zero attached hydrogens (tertiary/aromatic N) is 2. The van der Waals surface area contributed by atoms with Crippen LogP contribution in [0, 0.1) is 11.7 Å². The van der Waals surface area contributed by atoms with Crippen LogP contribution in [0.25, 0.3) is 0 Å². The summed E-state index contributed by atoms with van der Waals surface area (Å²) in [6, 6.07) is 6.06. The fourth-order valence-corrected chi connectivity index (χ4v) is 3.73. The van der Waals surface area contributed by atoms with Gasteiger partial charge in [-0.2, -0.15) is 0 Å². The zero-order valence-electron chi connectivity index (χ0n) is 15.0. The van der Waals surface area contributed by atoms with E-state index < -0.39 is 0 Å². The number of methoxy groups -OCH3 is 1. The van der Waals surface area contributed by atoms with Crippen LogP contribution in [0.15, 0.2) is 24.3 Å². The molecule has 0 spiro atoms. The summed E-state index contributed by atoms with van der Waals surface area (Å²) in [6.45, 7) is 2.65. The fraction of sp³-hybridized carbons (Fsp3) is 0.579. The van der Waals surface area contributed by atoms with E-state index in [1.807, 2.05) is 4.90 Å². The van der Waals surface area contributed by atoms with Gasteiger partial charge in [0.2, 0.25) is 11.8 Å². The molecule has 2 aliphatic rings. The second kappa shape index (κ2) is 8.60. The van der Waals surface area contributed by atoms with Gasteiger partial charge in [0.1, 0.15) is 12.4 Å². The predicted octanol–water partition coefficient (Wildman–Crippen LogP) is 1.61. The Bertz CT molecular complexity index is 631. The first-order valence-corrected chi connectivity index (χ1v) is 9.00. The van der Waals surface area contributed by atoms with Gasteiger partial charge in [-0.15, -0.1) is 0 Å². The van der Waals surface area contributed by atoms with Crippen LogP contribution < -0.4 is 0 Å². The third-order valence-electron chi connectivity index (χ3n) is 5.10. The number of likely N-dealkylation sites (tertiary alicyclic amines) is 1. The van der Waals surface area contributed by atoms with Crippen LogP contribution in [0.2, 0.25) is 0 Å². The highest BCUT2D eigenvalue weighted by Crippen LogP contribution is 2.34. The molecule has 26 heavy (non-hydrogen) atoms. The van der Waals surface area contributed by atoms with E-state index in [9.17, 15) is 14.0 Å². The van der Waals surface area contributed by atoms with Crippen molar-refractivity contribution in [1.82, 2.24) is 9.80 Å². The lowest BCUT2D eigenvalue weighted by Crippen LogP contribution is -2.50. The number of halogens is 1. The molecule has 0 unspecified atom stereocenters. The molecule has 1 aromatic carbocycles. The molecular weight excluding hydrogens is 339 g/mol. The van der Waals surface area contributed by atoms with Crippen molar-refractivity contribution in [2.24, 2.45) is 5.92 Å². The molecule has 0 N–H and O–H groups in total. The Morgan fingerprint density at radius 2 is 1.88 bits per heavy atom. The van der Waals surface area contributed by atoms with Gasteiger partial charge < -0.3 is 19.3 Å². The molecule has 2 atom stereocenters. The second-order valence-electron chi connectivity index (χ2n) is 6.76. The van der Waals surface area contributed by atoms with E-state index in [0.717, 1.165) is 5.56 Å². The van der Waals surface area contributed by atoms with Crippen molar-refractivity contribution in [3.8, 4) is 0 Å². The molecule has 2 heterocycles. The van der Waals surface area contributed by atoms with Crippen molar-refractivity contribution in [3.05, 3.63) is 35.6 Å². The topological polar surface area (TPSA) is 59.1 Å². The normalized spacial score (nSPS) is 23.8. The number of ether oxygens (including phenoxy) is 2. The number of amides is 2. The minimum absolute atomic E-state index is 0.0316. The number of piperidine rings is 1. The number of benzene rings is 1. The number of hydrogen-bond acceptors (Lipinski definition) is 4. The van der Waals surface area contributed by atoms with E-state index >= 15 is 0 Å². The summed E-state index contributed by atoms with van der Waals surface area (Å²) < 4.78 is 23.6. The lowest BCUT2D eigenvalue weighted by atomic mass is 9.88. The summed E-state index contributed by atoms with van der Waals surface area (Å²) in [5.41, 5.74) is 0.883. The Balaban J connectivity index is 1.75. The average molecular weight is 364 g/mol. The van der Waals surface area contributed by atoms with Gasteiger partial charge in [-0.3, -0.25) is 9.59 Å². The lowest BCUT2D eigenvalue weighted by Gasteiger charge is -2.41. The molecule has 6 nitrogen and oxygen atoms in total. The Labute approximate surface area is 152 Å². The summed E-state index contributed by atoms with van der Waals surface area (Å²) in [5.74, 6) is -0.590. The highest BCUT2D eigenvalue weighted by molar-refractivity contribution is 5.82. The second-order valence-corrected chi connectivity index (χ2v) is 6.76. The predicted molar refractivity (Wildman–Crippen MR) is 92.9 cm³/mol. The van der Waals surface area contributed by atoms with Gasteiger partial charge in [-0.05, 0) is 30.5 Å². The molecule has 2 fully saturated rings. The maximum atomic E-state index is 13.2. The molecule has 7 heteroatoms. The summed E-state index contributed by atoms with van der Waals surface area (Å²) in [6.07, 6.45) is 1.37. The number of carbonyl (C=O) groups excluding carboxylic acids is 2.